The van der Waals surface area contributed by atoms with Crippen molar-refractivity contribution < 1.29 is 4.79 Å². The highest BCUT2D eigenvalue weighted by Crippen LogP contribution is 2.38. The van der Waals surface area contributed by atoms with Gasteiger partial charge in [0.1, 0.15) is 5.15 Å². The quantitative estimate of drug-likeness (QED) is 0.738. The first kappa shape index (κ1) is 11.2. The smallest absolute Gasteiger partial charge is 0.228 e. The Morgan fingerprint density at radius 3 is 2.94 bits per heavy atom. The van der Waals surface area contributed by atoms with Gasteiger partial charge >= 0.3 is 0 Å². The third-order valence-electron chi connectivity index (χ3n) is 3.02. The van der Waals surface area contributed by atoms with Gasteiger partial charge in [0.15, 0.2) is 0 Å². The first-order valence-electron chi connectivity index (χ1n) is 5.70. The molecular weight excluding hydrogens is 248 g/mol. The summed E-state index contributed by atoms with van der Waals surface area (Å²) in [4.78, 5) is 16.1. The Labute approximate surface area is 110 Å². The molecule has 1 aliphatic rings. The number of rotatable bonds is 0. The molecule has 2 heterocycles. The van der Waals surface area contributed by atoms with Crippen LogP contribution in [0, 0.1) is 6.92 Å². The second kappa shape index (κ2) is 4.10. The fraction of sp³-hybridized carbons (Fsp3) is 0.143. The molecule has 3 rings (SSSR count). The Hall–Kier alpha value is -1.87. The number of pyridine rings is 1. The molecule has 0 radical (unpaired) electrons. The summed E-state index contributed by atoms with van der Waals surface area (Å²) in [6.07, 6.45) is 0.361. The molecule has 3 nitrogen and oxygen atoms in total. The van der Waals surface area contributed by atoms with Crippen LogP contribution in [0.25, 0.3) is 11.1 Å². The predicted octanol–water partition coefficient (Wildman–Crippen LogP) is 3.21. The lowest BCUT2D eigenvalue weighted by Gasteiger charge is -2.11. The highest BCUT2D eigenvalue weighted by atomic mass is 35.5. The largest absolute Gasteiger partial charge is 0.325 e. The molecule has 1 aliphatic heterocycles. The molecule has 4 heteroatoms. The summed E-state index contributed by atoms with van der Waals surface area (Å²) in [5.41, 5.74) is 4.29. The van der Waals surface area contributed by atoms with E-state index in [2.05, 4.69) is 10.3 Å². The van der Waals surface area contributed by atoms with Crippen LogP contribution in [0.3, 0.4) is 0 Å². The number of hydrogen-bond acceptors (Lipinski definition) is 2. The number of anilines is 1. The monoisotopic (exact) mass is 258 g/mol. The molecule has 1 aromatic carbocycles. The summed E-state index contributed by atoms with van der Waals surface area (Å²) in [7, 11) is 0. The second-order valence-electron chi connectivity index (χ2n) is 4.36. The highest BCUT2D eigenvalue weighted by Gasteiger charge is 2.21. The molecule has 0 unspecified atom stereocenters. The minimum Gasteiger partial charge on any atom is -0.325 e. The maximum atomic E-state index is 11.9. The predicted molar refractivity (Wildman–Crippen MR) is 71.8 cm³/mol. The van der Waals surface area contributed by atoms with Gasteiger partial charge in [-0.1, -0.05) is 35.9 Å². The van der Waals surface area contributed by atoms with Crippen molar-refractivity contribution in [2.45, 2.75) is 13.3 Å². The van der Waals surface area contributed by atoms with Gasteiger partial charge in [0, 0.05) is 11.3 Å². The molecule has 1 amide bonds. The first-order valence-corrected chi connectivity index (χ1v) is 6.08. The topological polar surface area (TPSA) is 42.0 Å². The van der Waals surface area contributed by atoms with Gasteiger partial charge < -0.3 is 5.32 Å². The van der Waals surface area contributed by atoms with Crippen LogP contribution in [-0.4, -0.2) is 10.9 Å². The Morgan fingerprint density at radius 2 is 2.11 bits per heavy atom. The maximum absolute atomic E-state index is 11.9. The average Bonchev–Trinajstić information content (AvgIpc) is 2.43. The number of halogens is 1. The molecule has 0 saturated carbocycles. The lowest BCUT2D eigenvalue weighted by molar-refractivity contribution is -0.115. The molecule has 1 N–H and O–H groups in total. The fourth-order valence-electron chi connectivity index (χ4n) is 2.28. The fourth-order valence-corrected chi connectivity index (χ4v) is 2.61. The number of aromatic nitrogens is 1. The standard InChI is InChI=1S/C14H11ClN2O/c1-8-6-11-13(14(15)16-8)10-5-3-2-4-9(10)7-12(18)17-11/h2-6H,7H2,1H3,(H,17,18). The van der Waals surface area contributed by atoms with Crippen LogP contribution in [0.15, 0.2) is 30.3 Å². The molecule has 2 aromatic rings. The van der Waals surface area contributed by atoms with Crippen molar-refractivity contribution in [1.82, 2.24) is 4.98 Å². The number of fused-ring (bicyclic) bond motifs is 3. The van der Waals surface area contributed by atoms with Crippen LogP contribution < -0.4 is 5.32 Å². The Kier molecular flexibility index (Phi) is 2.56. The molecule has 0 bridgehead atoms. The van der Waals surface area contributed by atoms with E-state index in [1.54, 1.807) is 0 Å². The van der Waals surface area contributed by atoms with E-state index in [-0.39, 0.29) is 5.91 Å². The summed E-state index contributed by atoms with van der Waals surface area (Å²) in [5.74, 6) is -0.0251. The van der Waals surface area contributed by atoms with Gasteiger partial charge in [-0.25, -0.2) is 4.98 Å². The molecular formula is C14H11ClN2O. The minimum absolute atomic E-state index is 0.0251. The highest BCUT2D eigenvalue weighted by molar-refractivity contribution is 6.33. The van der Waals surface area contributed by atoms with Crippen LogP contribution in [0.5, 0.6) is 0 Å². The molecule has 0 spiro atoms. The number of benzene rings is 1. The number of hydrogen-bond donors (Lipinski definition) is 1. The van der Waals surface area contributed by atoms with Crippen LogP contribution in [-0.2, 0) is 11.2 Å². The summed E-state index contributed by atoms with van der Waals surface area (Å²) in [6, 6.07) is 9.62. The van der Waals surface area contributed by atoms with E-state index in [1.807, 2.05) is 37.3 Å². The van der Waals surface area contributed by atoms with Crippen molar-refractivity contribution >= 4 is 23.2 Å². The van der Waals surface area contributed by atoms with E-state index in [0.717, 1.165) is 28.1 Å². The van der Waals surface area contributed by atoms with E-state index >= 15 is 0 Å². The number of nitrogens with one attached hydrogen (secondary N) is 1. The summed E-state index contributed by atoms with van der Waals surface area (Å²) in [6.45, 7) is 1.86. The van der Waals surface area contributed by atoms with Gasteiger partial charge in [-0.2, -0.15) is 0 Å². The van der Waals surface area contributed by atoms with E-state index in [9.17, 15) is 4.79 Å². The number of carbonyl (C=O) groups is 1. The van der Waals surface area contributed by atoms with Gasteiger partial charge in [0.2, 0.25) is 5.91 Å². The van der Waals surface area contributed by atoms with Crippen molar-refractivity contribution in [2.24, 2.45) is 0 Å². The lowest BCUT2D eigenvalue weighted by atomic mass is 9.99. The zero-order valence-electron chi connectivity index (χ0n) is 9.83. The second-order valence-corrected chi connectivity index (χ2v) is 4.72. The molecule has 90 valence electrons. The van der Waals surface area contributed by atoms with Crippen molar-refractivity contribution in [3.05, 3.63) is 46.7 Å². The molecule has 0 atom stereocenters. The van der Waals surface area contributed by atoms with Crippen LogP contribution >= 0.6 is 11.6 Å². The third-order valence-corrected chi connectivity index (χ3v) is 3.29. The van der Waals surface area contributed by atoms with Gasteiger partial charge in [-0.05, 0) is 24.1 Å². The van der Waals surface area contributed by atoms with Crippen LogP contribution in [0.4, 0.5) is 5.69 Å². The molecule has 0 saturated heterocycles. The van der Waals surface area contributed by atoms with E-state index in [4.69, 9.17) is 11.6 Å². The van der Waals surface area contributed by atoms with Gasteiger partial charge in [-0.15, -0.1) is 0 Å². The zero-order chi connectivity index (χ0) is 12.7. The Morgan fingerprint density at radius 1 is 1.33 bits per heavy atom. The van der Waals surface area contributed by atoms with Crippen molar-refractivity contribution in [3.63, 3.8) is 0 Å². The number of amides is 1. The SMILES string of the molecule is Cc1cc2c(c(Cl)n1)-c1ccccc1CC(=O)N2. The minimum atomic E-state index is -0.0251. The summed E-state index contributed by atoms with van der Waals surface area (Å²) in [5, 5.41) is 3.32. The molecule has 0 aliphatic carbocycles. The first-order chi connectivity index (χ1) is 8.65. The van der Waals surface area contributed by atoms with Gasteiger partial charge in [0.05, 0.1) is 12.1 Å². The summed E-state index contributed by atoms with van der Waals surface area (Å²) < 4.78 is 0. The van der Waals surface area contributed by atoms with Crippen LogP contribution in [0.1, 0.15) is 11.3 Å². The Bertz CT molecular complexity index is 652. The zero-order valence-corrected chi connectivity index (χ0v) is 10.6. The third kappa shape index (κ3) is 1.77. The van der Waals surface area contributed by atoms with Crippen molar-refractivity contribution in [2.75, 3.05) is 5.32 Å². The number of carbonyl (C=O) groups excluding carboxylic acids is 1. The maximum Gasteiger partial charge on any atom is 0.228 e. The summed E-state index contributed by atoms with van der Waals surface area (Å²) >= 11 is 6.23. The molecule has 18 heavy (non-hydrogen) atoms. The lowest BCUT2D eigenvalue weighted by Crippen LogP contribution is -2.12. The normalized spacial score (nSPS) is 13.3. The van der Waals surface area contributed by atoms with Crippen molar-refractivity contribution in [3.8, 4) is 11.1 Å². The molecule has 1 aromatic heterocycles. The van der Waals surface area contributed by atoms with Gasteiger partial charge in [-0.3, -0.25) is 4.79 Å². The van der Waals surface area contributed by atoms with E-state index < -0.39 is 0 Å². The molecule has 0 fully saturated rings. The Balaban J connectivity index is 2.35. The number of nitrogens with zero attached hydrogens (tertiary/aromatic N) is 1. The van der Waals surface area contributed by atoms with Crippen LogP contribution in [0.2, 0.25) is 5.15 Å². The average molecular weight is 259 g/mol. The number of aryl methyl sites for hydroxylation is 1. The van der Waals surface area contributed by atoms with E-state index in [0.29, 0.717) is 11.6 Å². The van der Waals surface area contributed by atoms with Gasteiger partial charge in [0.25, 0.3) is 0 Å². The van der Waals surface area contributed by atoms with E-state index in [1.165, 1.54) is 0 Å². The van der Waals surface area contributed by atoms with Crippen molar-refractivity contribution in [1.29, 1.82) is 0 Å².